The first-order valence-electron chi connectivity index (χ1n) is 3.24. The van der Waals surface area contributed by atoms with Gasteiger partial charge >= 0.3 is 0 Å². The normalized spacial score (nSPS) is 8.92. The number of hydrogen-bond acceptors (Lipinski definition) is 6. The Morgan fingerprint density at radius 2 is 1.62 bits per heavy atom. The summed E-state index contributed by atoms with van der Waals surface area (Å²) in [6, 6.07) is 3.93. The average Bonchev–Trinajstić information content (AvgIpc) is 2.17. The van der Waals surface area contributed by atoms with Gasteiger partial charge in [-0.25, -0.2) is 0 Å². The molecule has 0 saturated carbocycles. The molecule has 0 aliphatic heterocycles. The predicted octanol–water partition coefficient (Wildman–Crippen LogP) is 2.84. The van der Waals surface area contributed by atoms with Crippen LogP contribution in [0.1, 0.15) is 0 Å². The van der Waals surface area contributed by atoms with Gasteiger partial charge in [-0.1, -0.05) is 5.22 Å². The summed E-state index contributed by atoms with van der Waals surface area (Å²) < 4.78 is 0. The Kier molecular flexibility index (Phi) is 2.74. The monoisotopic (exact) mass is 179 g/mol. The molecule has 13 heavy (non-hydrogen) atoms. The van der Waals surface area contributed by atoms with Crippen molar-refractivity contribution in [2.45, 2.75) is 0 Å². The Morgan fingerprint density at radius 3 is 2.00 bits per heavy atom. The molecule has 0 spiro atoms. The lowest BCUT2D eigenvalue weighted by atomic mass is 10.2. The van der Waals surface area contributed by atoms with Crippen molar-refractivity contribution in [2.75, 3.05) is 5.43 Å². The Bertz CT molecular complexity index is 325. The highest BCUT2D eigenvalue weighted by Gasteiger charge is 2.00. The largest absolute Gasteiger partial charge is 0.260 e. The van der Waals surface area contributed by atoms with Crippen LogP contribution in [0.4, 0.5) is 17.1 Å². The summed E-state index contributed by atoms with van der Waals surface area (Å²) in [7, 11) is 0. The first-order valence-corrected chi connectivity index (χ1v) is 3.24. The summed E-state index contributed by atoms with van der Waals surface area (Å²) in [4.78, 5) is 20.3. The van der Waals surface area contributed by atoms with Gasteiger partial charge in [0.05, 0.1) is 5.69 Å². The van der Waals surface area contributed by atoms with E-state index in [1.165, 1.54) is 18.2 Å². The molecule has 0 aliphatic carbocycles. The second kappa shape index (κ2) is 4.00. The van der Waals surface area contributed by atoms with Crippen LogP contribution in [0.15, 0.2) is 33.8 Å². The summed E-state index contributed by atoms with van der Waals surface area (Å²) in [5.41, 5.74) is 9.18. The second-order valence-corrected chi connectivity index (χ2v) is 2.14. The Balaban J connectivity index is 3.13. The fourth-order valence-corrected chi connectivity index (χ4v) is 0.830. The summed E-state index contributed by atoms with van der Waals surface area (Å²) >= 11 is 0. The molecule has 0 atom stereocenters. The molecule has 0 fully saturated rings. The van der Waals surface area contributed by atoms with Crippen molar-refractivity contribution in [3.63, 3.8) is 0 Å². The van der Waals surface area contributed by atoms with Gasteiger partial charge in [0.2, 0.25) is 0 Å². The Labute approximate surface area is 72.6 Å². The number of benzene rings is 1. The third-order valence-electron chi connectivity index (χ3n) is 1.30. The van der Waals surface area contributed by atoms with E-state index in [1.807, 2.05) is 0 Å². The molecule has 1 aromatic rings. The maximum absolute atomic E-state index is 10.1. The minimum absolute atomic E-state index is 0.0586. The number of rotatable bonds is 4. The summed E-state index contributed by atoms with van der Waals surface area (Å²) in [5.74, 6) is 0. The van der Waals surface area contributed by atoms with E-state index in [2.05, 4.69) is 21.0 Å². The highest BCUT2D eigenvalue weighted by atomic mass is 16.3. The minimum Gasteiger partial charge on any atom is -0.260 e. The summed E-state index contributed by atoms with van der Waals surface area (Å²) in [6.07, 6.45) is 0. The van der Waals surface area contributed by atoms with Crippen molar-refractivity contribution in [3.05, 3.63) is 28.0 Å². The van der Waals surface area contributed by atoms with Gasteiger partial charge < -0.3 is 0 Å². The first kappa shape index (κ1) is 8.91. The van der Waals surface area contributed by atoms with Crippen LogP contribution in [0.25, 0.3) is 0 Å². The molecule has 0 radical (unpaired) electrons. The molecular weight excluding hydrogens is 174 g/mol. The molecule has 0 amide bonds. The molecule has 1 rings (SSSR count). The second-order valence-electron chi connectivity index (χ2n) is 2.14. The Hall–Kier alpha value is -2.18. The SMILES string of the molecule is N=NNc1cc(N=O)cc(N=O)c1. The predicted molar refractivity (Wildman–Crippen MR) is 46.1 cm³/mol. The lowest BCUT2D eigenvalue weighted by Crippen LogP contribution is -1.84. The van der Waals surface area contributed by atoms with Crippen LogP contribution >= 0.6 is 0 Å². The highest BCUT2D eigenvalue weighted by molar-refractivity contribution is 5.62. The number of anilines is 1. The fourth-order valence-electron chi connectivity index (χ4n) is 0.830. The van der Waals surface area contributed by atoms with Crippen LogP contribution in [0.3, 0.4) is 0 Å². The minimum atomic E-state index is 0.0586. The van der Waals surface area contributed by atoms with Gasteiger partial charge in [0.25, 0.3) is 0 Å². The quantitative estimate of drug-likeness (QED) is 0.421. The molecule has 0 saturated heterocycles. The Morgan fingerprint density at radius 1 is 1.08 bits per heavy atom. The molecular formula is C6H5N5O2. The molecule has 0 heterocycles. The van der Waals surface area contributed by atoms with E-state index in [1.54, 1.807) is 0 Å². The summed E-state index contributed by atoms with van der Waals surface area (Å²) in [6.45, 7) is 0. The van der Waals surface area contributed by atoms with Crippen LogP contribution < -0.4 is 5.43 Å². The van der Waals surface area contributed by atoms with E-state index in [0.717, 1.165) is 0 Å². The molecule has 0 aromatic heterocycles. The standard InChI is InChI=1S/C6H5N5O2/c7-11-8-4-1-5(9-12)3-6(2-4)10-13/h1-3H,(H2,7,8). The lowest BCUT2D eigenvalue weighted by molar-refractivity contribution is 1.06. The van der Waals surface area contributed by atoms with Gasteiger partial charge in [0.15, 0.2) is 0 Å². The zero-order valence-electron chi connectivity index (χ0n) is 6.39. The van der Waals surface area contributed by atoms with Crippen LogP contribution in [0, 0.1) is 15.3 Å². The molecule has 7 heteroatoms. The van der Waals surface area contributed by atoms with E-state index < -0.39 is 0 Å². The van der Waals surface area contributed by atoms with Gasteiger partial charge in [-0.3, -0.25) is 5.43 Å². The first-order chi connectivity index (χ1) is 6.30. The number of nitrogens with one attached hydrogen (secondary N) is 2. The van der Waals surface area contributed by atoms with E-state index in [9.17, 15) is 9.81 Å². The number of nitrogens with zero attached hydrogens (tertiary/aromatic N) is 3. The lowest BCUT2D eigenvalue weighted by Gasteiger charge is -1.98. The van der Waals surface area contributed by atoms with Crippen LogP contribution in [0.2, 0.25) is 0 Å². The average molecular weight is 179 g/mol. The van der Waals surface area contributed by atoms with Crippen molar-refractivity contribution in [1.82, 2.24) is 0 Å². The third kappa shape index (κ3) is 2.12. The van der Waals surface area contributed by atoms with E-state index in [0.29, 0.717) is 5.69 Å². The molecule has 0 bridgehead atoms. The third-order valence-corrected chi connectivity index (χ3v) is 1.30. The number of hydrogen-bond donors (Lipinski definition) is 2. The molecule has 2 N–H and O–H groups in total. The summed E-state index contributed by atoms with van der Waals surface area (Å²) in [5, 5.41) is 8.13. The molecule has 66 valence electrons. The van der Waals surface area contributed by atoms with Gasteiger partial charge in [-0.2, -0.15) is 5.53 Å². The van der Waals surface area contributed by atoms with Gasteiger partial charge in [0, 0.05) is 0 Å². The van der Waals surface area contributed by atoms with E-state index in [-0.39, 0.29) is 11.4 Å². The van der Waals surface area contributed by atoms with Crippen molar-refractivity contribution >= 4 is 17.1 Å². The fraction of sp³-hybridized carbons (Fsp3) is 0. The van der Waals surface area contributed by atoms with Gasteiger partial charge in [0.1, 0.15) is 11.4 Å². The van der Waals surface area contributed by atoms with Crippen molar-refractivity contribution in [2.24, 2.45) is 15.6 Å². The van der Waals surface area contributed by atoms with Crippen molar-refractivity contribution in [3.8, 4) is 0 Å². The van der Waals surface area contributed by atoms with E-state index in [4.69, 9.17) is 5.53 Å². The molecule has 1 aromatic carbocycles. The van der Waals surface area contributed by atoms with Crippen LogP contribution in [-0.2, 0) is 0 Å². The maximum atomic E-state index is 10.1. The maximum Gasteiger partial charge on any atom is 0.112 e. The van der Waals surface area contributed by atoms with Crippen LogP contribution in [0.5, 0.6) is 0 Å². The van der Waals surface area contributed by atoms with E-state index >= 15 is 0 Å². The smallest absolute Gasteiger partial charge is 0.112 e. The van der Waals surface area contributed by atoms with Gasteiger partial charge in [-0.05, 0) is 28.6 Å². The zero-order valence-corrected chi connectivity index (χ0v) is 6.39. The van der Waals surface area contributed by atoms with Crippen LogP contribution in [-0.4, -0.2) is 0 Å². The number of nitroso groups, excluding NO2 is 2. The zero-order chi connectivity index (χ0) is 9.68. The molecule has 0 unspecified atom stereocenters. The topological polar surface area (TPSA) is 107 Å². The molecule has 7 nitrogen and oxygen atoms in total. The van der Waals surface area contributed by atoms with Crippen molar-refractivity contribution < 1.29 is 0 Å². The van der Waals surface area contributed by atoms with Crippen molar-refractivity contribution in [1.29, 1.82) is 5.53 Å². The van der Waals surface area contributed by atoms with Gasteiger partial charge in [-0.15, -0.1) is 9.81 Å². The molecule has 0 aliphatic rings. The highest BCUT2D eigenvalue weighted by Crippen LogP contribution is 2.26.